The maximum absolute atomic E-state index is 11.5. The van der Waals surface area contributed by atoms with E-state index in [1.54, 1.807) is 16.7 Å². The molecule has 2 heterocycles. The molecule has 7 aliphatic carbocycles. The molecule has 4 bridgehead atoms. The average Bonchev–Trinajstić information content (AvgIpc) is 3.64. The largest absolute Gasteiger partial charge is 0.392 e. The SMILES string of the molecule is C=C(C)[C@H]1CC2=C(C)C=C3C[C@]2(C)[C@]2(CCC[C@H]2C#CC[C@H]2C[C@H]4C[C@@H]5C[C@@H]6C[C@@H](NC[C@H](C)O)[C@H](O)C[C@H]6[C@@]56CC[C@@]32N[C@@]46C)C1. The van der Waals surface area contributed by atoms with Gasteiger partial charge in [-0.25, -0.2) is 0 Å². The predicted molar refractivity (Wildman–Crippen MR) is 189 cm³/mol. The van der Waals surface area contributed by atoms with Gasteiger partial charge in [0.2, 0.25) is 0 Å². The van der Waals surface area contributed by atoms with Crippen molar-refractivity contribution in [1.82, 2.24) is 10.6 Å². The second-order valence-corrected chi connectivity index (χ2v) is 19.3. The molecule has 5 saturated carbocycles. The van der Waals surface area contributed by atoms with Gasteiger partial charge in [0.15, 0.2) is 0 Å². The number of fused-ring (bicyclic) bond motifs is 2. The molecule has 3 spiro atoms. The highest BCUT2D eigenvalue weighted by atomic mass is 16.3. The van der Waals surface area contributed by atoms with Gasteiger partial charge in [-0.3, -0.25) is 0 Å². The van der Waals surface area contributed by atoms with Crippen molar-refractivity contribution in [2.45, 2.75) is 154 Å². The second-order valence-electron chi connectivity index (χ2n) is 19.3. The van der Waals surface area contributed by atoms with Crippen molar-refractivity contribution >= 4 is 0 Å². The van der Waals surface area contributed by atoms with Crippen LogP contribution in [0.25, 0.3) is 0 Å². The lowest BCUT2D eigenvalue weighted by Gasteiger charge is -2.68. The molecular weight excluding hydrogens is 576 g/mol. The standard InChI is InChI=1S/C43H62N2O2/c1-25(2)29-17-35-26(3)15-34-23-39(35,5)41(22-29)12-8-11-30(41)9-7-10-31-19-32-20-33-16-28-18-37(44-24-27(4)46)38(47)21-36(28)42(33)13-14-43(31,34)45-40(32,42)6/h15,27-33,36-38,44-47H,1,8,10-14,16-24H2,2-6H3/t27-,28+,29-,30+,31-,32-,33-,36+,37+,38+,39-,40-,41+,42+,43-/m0/s1. The van der Waals surface area contributed by atoms with E-state index >= 15 is 0 Å². The number of nitrogens with one attached hydrogen (secondary N) is 2. The molecule has 4 N–H and O–H groups in total. The van der Waals surface area contributed by atoms with Gasteiger partial charge >= 0.3 is 0 Å². The first-order valence-corrected chi connectivity index (χ1v) is 19.8. The predicted octanol–water partition coefficient (Wildman–Crippen LogP) is 7.47. The first-order chi connectivity index (χ1) is 22.4. The Hall–Kier alpha value is -1.38. The number of piperidine rings is 2. The third-order valence-corrected chi connectivity index (χ3v) is 17.7. The third-order valence-electron chi connectivity index (χ3n) is 17.7. The molecule has 256 valence electrons. The molecule has 0 unspecified atom stereocenters. The molecule has 9 rings (SSSR count). The van der Waals surface area contributed by atoms with Gasteiger partial charge in [-0.2, -0.15) is 0 Å². The normalized spacial score (nSPS) is 54.3. The summed E-state index contributed by atoms with van der Waals surface area (Å²) in [5.41, 5.74) is 7.25. The van der Waals surface area contributed by atoms with Gasteiger partial charge in [0.1, 0.15) is 0 Å². The summed E-state index contributed by atoms with van der Waals surface area (Å²) in [6, 6.07) is 0.115. The summed E-state index contributed by atoms with van der Waals surface area (Å²) >= 11 is 0. The maximum atomic E-state index is 11.5. The Labute approximate surface area is 285 Å². The zero-order valence-corrected chi connectivity index (χ0v) is 30.1. The van der Waals surface area contributed by atoms with Gasteiger partial charge < -0.3 is 20.8 Å². The zero-order valence-electron chi connectivity index (χ0n) is 30.1. The summed E-state index contributed by atoms with van der Waals surface area (Å²) in [7, 11) is 0. The first kappa shape index (κ1) is 31.6. The monoisotopic (exact) mass is 638 g/mol. The van der Waals surface area contributed by atoms with Crippen LogP contribution in [-0.4, -0.2) is 46.1 Å². The van der Waals surface area contributed by atoms with Crippen LogP contribution in [0.5, 0.6) is 0 Å². The molecule has 9 aliphatic rings. The van der Waals surface area contributed by atoms with E-state index < -0.39 is 0 Å². The van der Waals surface area contributed by atoms with E-state index in [1.807, 2.05) is 6.92 Å². The number of hydrogen-bond donors (Lipinski definition) is 4. The fourth-order valence-electron chi connectivity index (χ4n) is 15.7. The van der Waals surface area contributed by atoms with E-state index in [1.165, 1.54) is 76.2 Å². The first-order valence-electron chi connectivity index (χ1n) is 19.8. The summed E-state index contributed by atoms with van der Waals surface area (Å²) in [5.74, 6) is 12.4. The van der Waals surface area contributed by atoms with E-state index in [0.717, 1.165) is 25.2 Å². The summed E-state index contributed by atoms with van der Waals surface area (Å²) < 4.78 is 0. The van der Waals surface area contributed by atoms with E-state index in [9.17, 15) is 10.2 Å². The highest BCUT2D eigenvalue weighted by molar-refractivity contribution is 5.49. The minimum atomic E-state index is -0.376. The summed E-state index contributed by atoms with van der Waals surface area (Å²) in [6.07, 6.45) is 19.2. The Balaban J connectivity index is 1.12. The van der Waals surface area contributed by atoms with Crippen LogP contribution in [0.15, 0.2) is 34.9 Å². The number of allylic oxidation sites excluding steroid dienone is 4. The van der Waals surface area contributed by atoms with Gasteiger partial charge in [-0.15, -0.1) is 5.92 Å². The molecule has 0 amide bonds. The molecular formula is C43H62N2O2. The highest BCUT2D eigenvalue weighted by Crippen LogP contribution is 2.76. The minimum Gasteiger partial charge on any atom is -0.392 e. The van der Waals surface area contributed by atoms with Gasteiger partial charge in [0.05, 0.1) is 12.2 Å². The van der Waals surface area contributed by atoms with Gasteiger partial charge in [0, 0.05) is 36.0 Å². The van der Waals surface area contributed by atoms with Crippen LogP contribution >= 0.6 is 0 Å². The summed E-state index contributed by atoms with van der Waals surface area (Å²) in [5, 5.41) is 29.8. The molecule has 0 aromatic rings. The van der Waals surface area contributed by atoms with E-state index in [0.29, 0.717) is 42.1 Å². The van der Waals surface area contributed by atoms with Crippen molar-refractivity contribution in [3.8, 4) is 11.8 Å². The lowest BCUT2D eigenvalue weighted by Crippen LogP contribution is -2.76. The molecule has 2 saturated heterocycles. The zero-order chi connectivity index (χ0) is 32.7. The van der Waals surface area contributed by atoms with Crippen LogP contribution in [0, 0.1) is 69.5 Å². The van der Waals surface area contributed by atoms with E-state index in [2.05, 4.69) is 57.5 Å². The summed E-state index contributed by atoms with van der Waals surface area (Å²) in [4.78, 5) is 0. The number of aliphatic hydroxyl groups excluding tert-OH is 2. The third kappa shape index (κ3) is 3.93. The molecule has 4 nitrogen and oxygen atoms in total. The van der Waals surface area contributed by atoms with Crippen molar-refractivity contribution in [1.29, 1.82) is 0 Å². The van der Waals surface area contributed by atoms with Crippen LogP contribution in [0.1, 0.15) is 125 Å². The number of hydrogen-bond acceptors (Lipinski definition) is 4. The fraction of sp³-hybridized carbons (Fsp3) is 0.814. The summed E-state index contributed by atoms with van der Waals surface area (Å²) in [6.45, 7) is 17.0. The lowest BCUT2D eigenvalue weighted by molar-refractivity contribution is -0.110. The Morgan fingerprint density at radius 2 is 1.91 bits per heavy atom. The maximum Gasteiger partial charge on any atom is 0.0696 e. The second kappa shape index (κ2) is 10.3. The topological polar surface area (TPSA) is 64.5 Å². The molecule has 7 fully saturated rings. The molecule has 2 aliphatic heterocycles. The van der Waals surface area contributed by atoms with Crippen molar-refractivity contribution in [2.24, 2.45) is 57.7 Å². The average molecular weight is 639 g/mol. The number of aliphatic hydroxyl groups is 2. The van der Waals surface area contributed by atoms with Crippen LogP contribution < -0.4 is 10.6 Å². The Kier molecular flexibility index (Phi) is 6.95. The molecule has 15 atom stereocenters. The Morgan fingerprint density at radius 1 is 1.11 bits per heavy atom. The Morgan fingerprint density at radius 3 is 2.70 bits per heavy atom. The van der Waals surface area contributed by atoms with Crippen LogP contribution in [-0.2, 0) is 0 Å². The van der Waals surface area contributed by atoms with Crippen LogP contribution in [0.2, 0.25) is 0 Å². The van der Waals surface area contributed by atoms with Crippen molar-refractivity contribution in [2.75, 3.05) is 6.54 Å². The van der Waals surface area contributed by atoms with E-state index in [-0.39, 0.29) is 45.6 Å². The molecule has 47 heavy (non-hydrogen) atoms. The molecule has 0 aromatic heterocycles. The van der Waals surface area contributed by atoms with Crippen LogP contribution in [0.4, 0.5) is 0 Å². The van der Waals surface area contributed by atoms with Crippen molar-refractivity contribution in [3.63, 3.8) is 0 Å². The molecule has 0 radical (unpaired) electrons. The quantitative estimate of drug-likeness (QED) is 0.191. The lowest BCUT2D eigenvalue weighted by atomic mass is 9.42. The van der Waals surface area contributed by atoms with Crippen molar-refractivity contribution < 1.29 is 10.2 Å². The van der Waals surface area contributed by atoms with Crippen LogP contribution in [0.3, 0.4) is 0 Å². The van der Waals surface area contributed by atoms with Gasteiger partial charge in [0.25, 0.3) is 0 Å². The van der Waals surface area contributed by atoms with Gasteiger partial charge in [-0.05, 0) is 162 Å². The van der Waals surface area contributed by atoms with Crippen molar-refractivity contribution in [3.05, 3.63) is 34.9 Å². The fourth-order valence-corrected chi connectivity index (χ4v) is 15.7. The molecule has 4 heteroatoms. The molecule has 0 aromatic carbocycles. The highest BCUT2D eigenvalue weighted by Gasteiger charge is 2.76. The smallest absolute Gasteiger partial charge is 0.0696 e. The van der Waals surface area contributed by atoms with Gasteiger partial charge in [-0.1, -0.05) is 48.6 Å². The Bertz CT molecular complexity index is 1500. The minimum absolute atomic E-state index is 0.0282. The number of rotatable bonds is 4. The van der Waals surface area contributed by atoms with E-state index in [4.69, 9.17) is 5.32 Å².